The second-order valence-electron chi connectivity index (χ2n) is 11.1. The molecular formula is C33H31F3N6O5S. The summed E-state index contributed by atoms with van der Waals surface area (Å²) in [5.74, 6) is -0.518. The Morgan fingerprint density at radius 2 is 1.77 bits per heavy atom. The fourth-order valence-corrected chi connectivity index (χ4v) is 6.03. The van der Waals surface area contributed by atoms with Crippen LogP contribution in [0.1, 0.15) is 33.6 Å². The minimum Gasteiger partial charge on any atom is -0.497 e. The zero-order valence-electron chi connectivity index (χ0n) is 25.9. The van der Waals surface area contributed by atoms with Gasteiger partial charge in [0.15, 0.2) is 11.5 Å². The number of amides is 1. The number of nitrogens with one attached hydrogen (secondary N) is 2. The first kappa shape index (κ1) is 32.8. The number of hydrogen-bond acceptors (Lipinski definition) is 10. The van der Waals surface area contributed by atoms with Gasteiger partial charge in [-0.15, -0.1) is 16.4 Å². The molecular weight excluding hydrogens is 649 g/mol. The van der Waals surface area contributed by atoms with E-state index in [9.17, 15) is 22.8 Å². The van der Waals surface area contributed by atoms with Crippen LogP contribution in [0.4, 0.5) is 24.0 Å². The van der Waals surface area contributed by atoms with Crippen molar-refractivity contribution < 1.29 is 37.1 Å². The maximum absolute atomic E-state index is 12.8. The molecule has 0 spiro atoms. The Labute approximate surface area is 277 Å². The molecule has 1 saturated heterocycles. The Bertz CT molecular complexity index is 1910. The third kappa shape index (κ3) is 7.69. The first-order valence-corrected chi connectivity index (χ1v) is 15.8. The molecule has 11 nitrogen and oxygen atoms in total. The van der Waals surface area contributed by atoms with Crippen LogP contribution in [0.3, 0.4) is 0 Å². The van der Waals surface area contributed by atoms with Crippen molar-refractivity contribution >= 4 is 45.1 Å². The molecule has 3 aromatic heterocycles. The van der Waals surface area contributed by atoms with Gasteiger partial charge >= 0.3 is 12.1 Å². The highest BCUT2D eigenvalue weighted by atomic mass is 32.1. The summed E-state index contributed by atoms with van der Waals surface area (Å²) in [6.45, 7) is 2.50. The minimum absolute atomic E-state index is 0.0136. The maximum atomic E-state index is 12.8. The maximum Gasteiger partial charge on any atom is 0.492 e. The summed E-state index contributed by atoms with van der Waals surface area (Å²) in [6, 6.07) is 19.3. The van der Waals surface area contributed by atoms with Crippen LogP contribution in [0.2, 0.25) is 0 Å². The lowest BCUT2D eigenvalue weighted by molar-refractivity contribution is -0.241. The van der Waals surface area contributed by atoms with E-state index in [0.29, 0.717) is 59.0 Å². The summed E-state index contributed by atoms with van der Waals surface area (Å²) in [4.78, 5) is 34.5. The molecule has 6 rings (SSSR count). The number of fused-ring (bicyclic) bond motifs is 1. The zero-order chi connectivity index (χ0) is 33.8. The molecule has 48 heavy (non-hydrogen) atoms. The molecule has 1 amide bonds. The number of ether oxygens (including phenoxy) is 2. The number of pyridine rings is 1. The lowest BCUT2D eigenvalue weighted by Gasteiger charge is -2.31. The molecule has 15 heteroatoms. The van der Waals surface area contributed by atoms with Gasteiger partial charge in [-0.25, -0.2) is 14.5 Å². The Balaban J connectivity index is 1.27. The molecule has 2 N–H and O–H groups in total. The third-order valence-electron chi connectivity index (χ3n) is 7.58. The molecule has 0 radical (unpaired) electrons. The van der Waals surface area contributed by atoms with Crippen LogP contribution in [0.5, 0.6) is 17.2 Å². The first-order valence-electron chi connectivity index (χ1n) is 15.0. The van der Waals surface area contributed by atoms with E-state index in [0.717, 1.165) is 20.5 Å². The number of piperidine rings is 1. The highest BCUT2D eigenvalue weighted by molar-refractivity contribution is 7.16. The topological polar surface area (TPSA) is 120 Å². The Kier molecular flexibility index (Phi) is 9.50. The SMILES string of the molecule is COc1ccc(Cn2nc(N[C@@H]3CCCN(OC(=O)C(F)(F)F)C3)c3c(Oc4ccc(C(=O)Nc5ccc(C)s5)cc4)ccnc32)cc1. The van der Waals surface area contributed by atoms with E-state index in [1.807, 2.05) is 43.3 Å². The van der Waals surface area contributed by atoms with E-state index in [1.165, 1.54) is 11.3 Å². The van der Waals surface area contributed by atoms with Gasteiger partial charge in [0.2, 0.25) is 0 Å². The number of aryl methyl sites for hydroxylation is 1. The smallest absolute Gasteiger partial charge is 0.492 e. The number of carbonyl (C=O) groups is 2. The number of methoxy groups -OCH3 is 1. The number of hydroxylamine groups is 2. The number of aromatic nitrogens is 3. The average molecular weight is 681 g/mol. The van der Waals surface area contributed by atoms with Gasteiger partial charge in [-0.05, 0) is 73.9 Å². The summed E-state index contributed by atoms with van der Waals surface area (Å²) in [5, 5.41) is 13.3. The van der Waals surface area contributed by atoms with Gasteiger partial charge in [0, 0.05) is 35.3 Å². The number of halogens is 3. The second-order valence-corrected chi connectivity index (χ2v) is 12.4. The van der Waals surface area contributed by atoms with Gasteiger partial charge in [0.1, 0.15) is 22.6 Å². The van der Waals surface area contributed by atoms with Crippen molar-refractivity contribution in [3.63, 3.8) is 0 Å². The standard InChI is InChI=1S/C33H31F3N6O5S/c1-20-5-14-27(48-20)39-31(43)22-8-12-25(13-9-22)46-26-15-16-37-30-28(26)29(40-42(30)18-21-6-10-24(45-2)11-7-21)38-23-4-3-17-41(19-23)47-32(44)33(34,35)36/h5-16,23H,3-4,17-19H2,1-2H3,(H,38,40)(H,39,43)/t23-/m1/s1. The summed E-state index contributed by atoms with van der Waals surface area (Å²) in [6.07, 6.45) is -2.42. The molecule has 0 aliphatic carbocycles. The molecule has 0 saturated carbocycles. The van der Waals surface area contributed by atoms with E-state index >= 15 is 0 Å². The van der Waals surface area contributed by atoms with E-state index < -0.39 is 18.2 Å². The van der Waals surface area contributed by atoms with Gasteiger partial charge in [0.05, 0.1) is 25.2 Å². The van der Waals surface area contributed by atoms with Crippen LogP contribution in [-0.2, 0) is 16.2 Å². The zero-order valence-corrected chi connectivity index (χ0v) is 26.7. The number of rotatable bonds is 10. The average Bonchev–Trinajstić information content (AvgIpc) is 3.64. The second kappa shape index (κ2) is 13.9. The molecule has 0 unspecified atom stereocenters. The number of hydrogen-bond donors (Lipinski definition) is 2. The van der Waals surface area contributed by atoms with E-state index in [-0.39, 0.29) is 19.0 Å². The number of nitrogens with zero attached hydrogens (tertiary/aromatic N) is 4. The lowest BCUT2D eigenvalue weighted by atomic mass is 10.1. The van der Waals surface area contributed by atoms with Gasteiger partial charge in [-0.1, -0.05) is 12.1 Å². The number of anilines is 2. The van der Waals surface area contributed by atoms with Gasteiger partial charge < -0.3 is 24.9 Å². The molecule has 5 aromatic rings. The van der Waals surface area contributed by atoms with Crippen LogP contribution in [0, 0.1) is 6.92 Å². The summed E-state index contributed by atoms with van der Waals surface area (Å²) >= 11 is 1.49. The summed E-state index contributed by atoms with van der Waals surface area (Å²) in [7, 11) is 1.59. The highest BCUT2D eigenvalue weighted by Gasteiger charge is 2.43. The fourth-order valence-electron chi connectivity index (χ4n) is 5.26. The van der Waals surface area contributed by atoms with Gasteiger partial charge in [0.25, 0.3) is 5.91 Å². The van der Waals surface area contributed by atoms with Crippen LogP contribution in [0.15, 0.2) is 72.9 Å². The van der Waals surface area contributed by atoms with E-state index in [1.54, 1.807) is 48.3 Å². The van der Waals surface area contributed by atoms with Crippen LogP contribution < -0.4 is 20.1 Å². The summed E-state index contributed by atoms with van der Waals surface area (Å²) in [5.41, 5.74) is 1.88. The summed E-state index contributed by atoms with van der Waals surface area (Å²) < 4.78 is 51.8. The monoisotopic (exact) mass is 680 g/mol. The third-order valence-corrected chi connectivity index (χ3v) is 8.49. The highest BCUT2D eigenvalue weighted by Crippen LogP contribution is 2.35. The normalized spacial score (nSPS) is 15.2. The number of alkyl halides is 3. The molecule has 1 atom stereocenters. The van der Waals surface area contributed by atoms with Crippen molar-refractivity contribution in [3.05, 3.63) is 88.9 Å². The van der Waals surface area contributed by atoms with Crippen LogP contribution in [0.25, 0.3) is 11.0 Å². The Morgan fingerprint density at radius 1 is 1.02 bits per heavy atom. The molecule has 4 heterocycles. The Morgan fingerprint density at radius 3 is 2.46 bits per heavy atom. The van der Waals surface area contributed by atoms with Crippen molar-refractivity contribution in [3.8, 4) is 17.2 Å². The largest absolute Gasteiger partial charge is 0.497 e. The molecule has 0 bridgehead atoms. The van der Waals surface area contributed by atoms with Crippen molar-refractivity contribution in [1.82, 2.24) is 19.8 Å². The number of carbonyl (C=O) groups excluding carboxylic acids is 2. The first-order chi connectivity index (χ1) is 23.1. The van der Waals surface area contributed by atoms with Crippen LogP contribution >= 0.6 is 11.3 Å². The molecule has 2 aromatic carbocycles. The molecule has 250 valence electrons. The lowest BCUT2D eigenvalue weighted by Crippen LogP contribution is -2.45. The van der Waals surface area contributed by atoms with Crippen LogP contribution in [-0.4, -0.2) is 64.1 Å². The van der Waals surface area contributed by atoms with Crippen molar-refractivity contribution in [2.24, 2.45) is 0 Å². The number of thiophene rings is 1. The van der Waals surface area contributed by atoms with E-state index in [2.05, 4.69) is 20.5 Å². The van der Waals surface area contributed by atoms with Crippen molar-refractivity contribution in [2.45, 2.75) is 38.5 Å². The fraction of sp³-hybridized carbons (Fsp3) is 0.273. The molecule has 1 aliphatic heterocycles. The van der Waals surface area contributed by atoms with Crippen molar-refractivity contribution in [1.29, 1.82) is 0 Å². The molecule has 1 aliphatic rings. The quantitative estimate of drug-likeness (QED) is 0.164. The van der Waals surface area contributed by atoms with Gasteiger partial charge in [-0.2, -0.15) is 18.3 Å². The van der Waals surface area contributed by atoms with E-state index in [4.69, 9.17) is 14.6 Å². The molecule has 1 fully saturated rings. The van der Waals surface area contributed by atoms with Crippen molar-refractivity contribution in [2.75, 3.05) is 30.8 Å². The predicted octanol–water partition coefficient (Wildman–Crippen LogP) is 6.80. The van der Waals surface area contributed by atoms with Gasteiger partial charge in [-0.3, -0.25) is 4.79 Å². The predicted molar refractivity (Wildman–Crippen MR) is 174 cm³/mol. The number of benzene rings is 2. The Hall–Kier alpha value is -5.15. The minimum atomic E-state index is -5.10.